The lowest BCUT2D eigenvalue weighted by atomic mass is 9.87. The molecule has 4 heterocycles. The Bertz CT molecular complexity index is 3150. The molecule has 2 aromatic heterocycles. The third kappa shape index (κ3) is 12.2. The summed E-state index contributed by atoms with van der Waals surface area (Å²) in [6.07, 6.45) is -1.68. The van der Waals surface area contributed by atoms with Crippen LogP contribution < -0.4 is 37.1 Å². The van der Waals surface area contributed by atoms with Gasteiger partial charge in [-0.25, -0.2) is 23.2 Å². The van der Waals surface area contributed by atoms with Gasteiger partial charge in [-0.2, -0.15) is 9.29 Å². The van der Waals surface area contributed by atoms with E-state index in [9.17, 15) is 43.0 Å². The highest BCUT2D eigenvalue weighted by Crippen LogP contribution is 2.63. The van der Waals surface area contributed by atoms with Gasteiger partial charge >= 0.3 is 29.9 Å². The first-order chi connectivity index (χ1) is 32.4. The first-order valence-electron chi connectivity index (χ1n) is 20.7. The first-order valence-corrected chi connectivity index (χ1v) is 27.3. The molecule has 370 valence electrons. The molecule has 0 aliphatic carbocycles. The number of carboxylic acid groups (broad SMARTS) is 1. The molecule has 5 aromatic rings. The molecule has 2 aliphatic heterocycles. The fourth-order valence-corrected chi connectivity index (χ4v) is 12.5. The Morgan fingerprint density at radius 2 is 1.86 bits per heavy atom. The quantitative estimate of drug-likeness (QED) is 0.0214. The number of ether oxygens (including phenoxy) is 3. The summed E-state index contributed by atoms with van der Waals surface area (Å²) < 4.78 is 67.5. The van der Waals surface area contributed by atoms with Crippen LogP contribution in [0, 0.1) is 13.8 Å². The van der Waals surface area contributed by atoms with Gasteiger partial charge in [-0.05, 0) is 86.9 Å². The molecule has 3 unspecified atom stereocenters. The molecule has 0 spiro atoms. The Morgan fingerprint density at radius 3 is 2.57 bits per heavy atom. The Hall–Kier alpha value is -4.84. The number of nitrogen functional groups attached to an aromatic ring is 1. The number of carboxylic acids is 1. The van der Waals surface area contributed by atoms with Crippen molar-refractivity contribution >= 4 is 92.3 Å². The zero-order chi connectivity index (χ0) is 50.2. The number of aromatic carboxylic acids is 1. The molecule has 1 amide bonds. The number of phosphoric ester groups is 1. The number of carbonyl (C=O) groups is 2. The number of hydrogen-bond acceptors (Lipinski definition) is 18. The van der Waals surface area contributed by atoms with Crippen molar-refractivity contribution in [2.45, 2.75) is 64.2 Å². The second-order valence-corrected chi connectivity index (χ2v) is 23.3. The number of phosphoric acid groups is 2. The molecular weight excluding hydrogens is 1000 g/mol. The van der Waals surface area contributed by atoms with Gasteiger partial charge in [0.25, 0.3) is 11.5 Å². The second-order valence-electron chi connectivity index (χ2n) is 16.3. The molecule has 2 aliphatic rings. The Balaban J connectivity index is 1.03. The minimum absolute atomic E-state index is 0.0162. The molecule has 28 heteroatoms. The van der Waals surface area contributed by atoms with Crippen molar-refractivity contribution in [2.24, 2.45) is 0 Å². The molecule has 3 aromatic carbocycles. The maximum atomic E-state index is 13.7. The average molecular weight is 1050 g/mol. The Morgan fingerprint density at radius 1 is 1.10 bits per heavy atom. The van der Waals surface area contributed by atoms with Gasteiger partial charge in [-0.1, -0.05) is 34.2 Å². The SMILES string of the molecule is C=c1cc2c(cc1C)=C(c1ccc(C(=O)NCC(C)(C)SSCO[C@@H]3C[C@H](n4cnc5c(=O)[nH]c(N)nc54)O[C@@H]3COP(=O)(O)OP(=O)(O)O[PH](=O)O)cc1C(=O)O)c1cc(C)c(NCC)cc1O2. The van der Waals surface area contributed by atoms with Gasteiger partial charge in [0.15, 0.2) is 11.2 Å². The molecule has 6 atom stereocenters. The van der Waals surface area contributed by atoms with Crippen LogP contribution in [0.4, 0.5) is 11.6 Å². The van der Waals surface area contributed by atoms with E-state index < -0.39 is 71.1 Å². The van der Waals surface area contributed by atoms with E-state index in [-0.39, 0.29) is 47.1 Å². The lowest BCUT2D eigenvalue weighted by Gasteiger charge is -2.25. The summed E-state index contributed by atoms with van der Waals surface area (Å²) in [5, 5.41) is 18.3. The molecular formula is C41H48N7O16P3S2. The number of amides is 1. The van der Waals surface area contributed by atoms with E-state index in [1.807, 2.05) is 58.9 Å². The highest BCUT2D eigenvalue weighted by Gasteiger charge is 2.42. The summed E-state index contributed by atoms with van der Waals surface area (Å²) in [4.78, 5) is 78.1. The largest absolute Gasteiger partial charge is 0.488 e. The third-order valence-electron chi connectivity index (χ3n) is 10.7. The molecule has 1 saturated heterocycles. The van der Waals surface area contributed by atoms with E-state index in [1.165, 1.54) is 38.5 Å². The number of benzene rings is 3. The van der Waals surface area contributed by atoms with Crippen molar-refractivity contribution in [1.82, 2.24) is 24.8 Å². The minimum atomic E-state index is -5.50. The number of nitrogens with zero attached hydrogens (tertiary/aromatic N) is 3. The van der Waals surface area contributed by atoms with Crippen LogP contribution in [0.1, 0.15) is 76.4 Å². The maximum absolute atomic E-state index is 13.7. The summed E-state index contributed by atoms with van der Waals surface area (Å²) in [7, 11) is -12.4. The lowest BCUT2D eigenvalue weighted by molar-refractivity contribution is -0.0521. The predicted molar refractivity (Wildman–Crippen MR) is 258 cm³/mol. The van der Waals surface area contributed by atoms with E-state index >= 15 is 0 Å². The monoisotopic (exact) mass is 1050 g/mol. The van der Waals surface area contributed by atoms with Crippen LogP contribution in [0.2, 0.25) is 0 Å². The Labute approximate surface area is 401 Å². The van der Waals surface area contributed by atoms with Crippen LogP contribution >= 0.6 is 45.5 Å². The van der Waals surface area contributed by atoms with Gasteiger partial charge in [-0.3, -0.25) is 28.2 Å². The van der Waals surface area contributed by atoms with E-state index in [2.05, 4.69) is 40.8 Å². The van der Waals surface area contributed by atoms with Crippen molar-refractivity contribution < 1.29 is 70.4 Å². The van der Waals surface area contributed by atoms with Gasteiger partial charge in [-0.15, -0.1) is 0 Å². The molecule has 0 saturated carbocycles. The first kappa shape index (κ1) is 52.0. The number of imidazole rings is 1. The zero-order valence-electron chi connectivity index (χ0n) is 37.4. The fraction of sp³-hybridized carbons (Fsp3) is 0.341. The van der Waals surface area contributed by atoms with Crippen LogP contribution in [0.25, 0.3) is 23.3 Å². The number of nitrogens with two attached hydrogens (primary N) is 1. The summed E-state index contributed by atoms with van der Waals surface area (Å²) in [5.74, 6) is -0.896. The van der Waals surface area contributed by atoms with E-state index in [0.717, 1.165) is 22.0 Å². The number of carbonyl (C=O) groups excluding carboxylic acids is 1. The topological polar surface area (TPSA) is 335 Å². The number of aromatic amines is 1. The van der Waals surface area contributed by atoms with Crippen molar-refractivity contribution in [3.8, 4) is 11.5 Å². The number of aryl methyl sites for hydroxylation is 2. The molecule has 9 N–H and O–H groups in total. The van der Waals surface area contributed by atoms with Gasteiger partial charge in [0, 0.05) is 57.9 Å². The maximum Gasteiger partial charge on any atom is 0.488 e. The predicted octanol–water partition coefficient (Wildman–Crippen LogP) is 5.06. The highest BCUT2D eigenvalue weighted by molar-refractivity contribution is 8.77. The number of fused-ring (bicyclic) bond motifs is 3. The minimum Gasteiger partial charge on any atom is -0.478 e. The van der Waals surface area contributed by atoms with Crippen LogP contribution in [-0.2, 0) is 36.3 Å². The standard InChI is InChI=1S/C41H48N7O16P3S2/c1-7-43-28-14-30-27(11-22(28)4)34(26-10-20(2)21(3)12-29(26)61-30)24-9-8-23(13-25(24)39(51)52)37(49)44-17-41(5,6)69-68-19-59-31-15-33(48-18-45-35-36(48)46-40(42)47-38(35)50)62-32(31)16-60-66(55,56)64-67(57,58)63-65(53)54/h8-14,18,31-33,43,65H,3,7,15-17,19H2,1-2,4-6H3,(H,44,49)(H,51,52)(H,53,54)(H,55,56)(H,57,58)(H3,42,46,47,50)/t31-,32-,33-/m1/s1. The summed E-state index contributed by atoms with van der Waals surface area (Å²) in [5.41, 5.74) is 9.61. The summed E-state index contributed by atoms with van der Waals surface area (Å²) in [6, 6.07) is 12.1. The number of hydrogen-bond donors (Lipinski definition) is 8. The number of H-pyrrole nitrogens is 1. The Kier molecular flexibility index (Phi) is 15.7. The van der Waals surface area contributed by atoms with Gasteiger partial charge in [0.2, 0.25) is 5.95 Å². The lowest BCUT2D eigenvalue weighted by Crippen LogP contribution is -2.36. The number of aromatic nitrogens is 4. The molecule has 1 fully saturated rings. The molecule has 0 radical (unpaired) electrons. The molecule has 7 rings (SSSR count). The van der Waals surface area contributed by atoms with Crippen LogP contribution in [-0.4, -0.2) is 93.8 Å². The van der Waals surface area contributed by atoms with E-state index in [4.69, 9.17) is 29.4 Å². The van der Waals surface area contributed by atoms with Crippen LogP contribution in [0.5, 0.6) is 11.5 Å². The van der Waals surface area contributed by atoms with Gasteiger partial charge in [0.05, 0.1) is 24.6 Å². The van der Waals surface area contributed by atoms with Crippen molar-refractivity contribution in [2.75, 3.05) is 36.7 Å². The summed E-state index contributed by atoms with van der Waals surface area (Å²) in [6.45, 7) is 13.7. The molecule has 0 bridgehead atoms. The van der Waals surface area contributed by atoms with Gasteiger partial charge < -0.3 is 50.4 Å². The van der Waals surface area contributed by atoms with Crippen LogP contribution in [0.3, 0.4) is 0 Å². The van der Waals surface area contributed by atoms with Crippen molar-refractivity contribution in [1.29, 1.82) is 0 Å². The average Bonchev–Trinajstić information content (AvgIpc) is 3.87. The summed E-state index contributed by atoms with van der Waals surface area (Å²) >= 11 is 0. The number of rotatable bonds is 20. The fourth-order valence-electron chi connectivity index (χ4n) is 7.50. The normalized spacial score (nSPS) is 19.0. The molecule has 69 heavy (non-hydrogen) atoms. The van der Waals surface area contributed by atoms with E-state index in [1.54, 1.807) is 12.1 Å². The number of nitrogens with one attached hydrogen (secondary N) is 3. The number of anilines is 2. The smallest absolute Gasteiger partial charge is 0.478 e. The van der Waals surface area contributed by atoms with E-state index in [0.29, 0.717) is 40.0 Å². The van der Waals surface area contributed by atoms with Crippen molar-refractivity contribution in [3.05, 3.63) is 103 Å². The third-order valence-corrected chi connectivity index (χ3v) is 17.3. The van der Waals surface area contributed by atoms with Crippen molar-refractivity contribution in [3.63, 3.8) is 0 Å². The second kappa shape index (κ2) is 20.9. The highest BCUT2D eigenvalue weighted by atomic mass is 33.1. The van der Waals surface area contributed by atoms with Crippen LogP contribution in [0.15, 0.2) is 53.6 Å². The zero-order valence-corrected chi connectivity index (χ0v) is 41.8. The molecule has 23 nitrogen and oxygen atoms in total. The van der Waals surface area contributed by atoms with Gasteiger partial charge in [0.1, 0.15) is 29.8 Å².